The lowest BCUT2D eigenvalue weighted by Crippen LogP contribution is -2.32. The van der Waals surface area contributed by atoms with Crippen molar-refractivity contribution in [2.24, 2.45) is 0 Å². The average molecular weight is 298 g/mol. The van der Waals surface area contributed by atoms with Crippen molar-refractivity contribution in [2.75, 3.05) is 18.5 Å². The van der Waals surface area contributed by atoms with Gasteiger partial charge in [0.15, 0.2) is 0 Å². The Hall–Kier alpha value is -2.33. The Labute approximate surface area is 131 Å². The molecule has 0 spiro atoms. The van der Waals surface area contributed by atoms with Gasteiger partial charge in [-0.1, -0.05) is 48.5 Å². The molecule has 0 radical (unpaired) electrons. The zero-order valence-corrected chi connectivity index (χ0v) is 12.8. The van der Waals surface area contributed by atoms with E-state index in [1.165, 1.54) is 0 Å². The summed E-state index contributed by atoms with van der Waals surface area (Å²) in [7, 11) is 0. The molecule has 2 aromatic rings. The van der Waals surface area contributed by atoms with Gasteiger partial charge in [-0.3, -0.25) is 0 Å². The van der Waals surface area contributed by atoms with Crippen LogP contribution < -0.4 is 10.6 Å². The number of hydrogen-bond acceptors (Lipinski definition) is 2. The minimum atomic E-state index is -0.229. The lowest BCUT2D eigenvalue weighted by atomic mass is 9.96. The van der Waals surface area contributed by atoms with Gasteiger partial charge in [-0.2, -0.15) is 0 Å². The molecule has 0 fully saturated rings. The first kappa shape index (κ1) is 16.0. The summed E-state index contributed by atoms with van der Waals surface area (Å²) in [5.41, 5.74) is 2.94. The van der Waals surface area contributed by atoms with Crippen LogP contribution >= 0.6 is 0 Å². The van der Waals surface area contributed by atoms with E-state index in [-0.39, 0.29) is 18.6 Å². The molecule has 0 saturated heterocycles. The molecular formula is C18H22N2O2. The van der Waals surface area contributed by atoms with Crippen molar-refractivity contribution >= 4 is 11.7 Å². The van der Waals surface area contributed by atoms with Crippen molar-refractivity contribution < 1.29 is 9.90 Å². The van der Waals surface area contributed by atoms with Gasteiger partial charge in [0.1, 0.15) is 0 Å². The number of amides is 2. The van der Waals surface area contributed by atoms with E-state index in [1.807, 2.05) is 61.5 Å². The predicted molar refractivity (Wildman–Crippen MR) is 89.1 cm³/mol. The van der Waals surface area contributed by atoms with Gasteiger partial charge >= 0.3 is 6.03 Å². The first-order valence-corrected chi connectivity index (χ1v) is 7.47. The standard InChI is InChI=1S/C18H22N2O2/c1-14-7-5-6-10-17(14)20-18(22)19-13-16(11-12-21)15-8-3-2-4-9-15/h2-10,16,21H,11-13H2,1H3,(H2,19,20,22). The Balaban J connectivity index is 1.92. The van der Waals surface area contributed by atoms with E-state index in [9.17, 15) is 9.90 Å². The van der Waals surface area contributed by atoms with Crippen LogP contribution in [0.2, 0.25) is 0 Å². The van der Waals surface area contributed by atoms with E-state index >= 15 is 0 Å². The monoisotopic (exact) mass is 298 g/mol. The molecule has 0 aliphatic carbocycles. The van der Waals surface area contributed by atoms with E-state index in [4.69, 9.17) is 0 Å². The van der Waals surface area contributed by atoms with Crippen molar-refractivity contribution in [1.82, 2.24) is 5.32 Å². The van der Waals surface area contributed by atoms with Crippen molar-refractivity contribution in [2.45, 2.75) is 19.3 Å². The van der Waals surface area contributed by atoms with Gasteiger partial charge in [-0.25, -0.2) is 4.79 Å². The van der Waals surface area contributed by atoms with Crippen LogP contribution in [0.15, 0.2) is 54.6 Å². The molecule has 0 bridgehead atoms. The predicted octanol–water partition coefficient (Wildman–Crippen LogP) is 3.28. The van der Waals surface area contributed by atoms with Crippen LogP contribution in [0.1, 0.15) is 23.5 Å². The molecule has 116 valence electrons. The van der Waals surface area contributed by atoms with Crippen molar-refractivity contribution in [3.63, 3.8) is 0 Å². The molecule has 0 saturated carbocycles. The summed E-state index contributed by atoms with van der Waals surface area (Å²) in [6.07, 6.45) is 0.620. The zero-order chi connectivity index (χ0) is 15.8. The van der Waals surface area contributed by atoms with E-state index in [1.54, 1.807) is 0 Å². The topological polar surface area (TPSA) is 61.4 Å². The molecule has 1 atom stereocenters. The molecule has 0 aliphatic rings. The van der Waals surface area contributed by atoms with Crippen LogP contribution in [-0.2, 0) is 0 Å². The summed E-state index contributed by atoms with van der Waals surface area (Å²) in [5, 5.41) is 14.9. The maximum atomic E-state index is 12.0. The highest BCUT2D eigenvalue weighted by molar-refractivity contribution is 5.90. The molecule has 2 rings (SSSR count). The van der Waals surface area contributed by atoms with Crippen LogP contribution in [0.25, 0.3) is 0 Å². The summed E-state index contributed by atoms with van der Waals surface area (Å²) < 4.78 is 0. The van der Waals surface area contributed by atoms with Crippen molar-refractivity contribution in [3.8, 4) is 0 Å². The van der Waals surface area contributed by atoms with Gasteiger partial charge < -0.3 is 15.7 Å². The highest BCUT2D eigenvalue weighted by Gasteiger charge is 2.12. The van der Waals surface area contributed by atoms with Crippen molar-refractivity contribution in [1.29, 1.82) is 0 Å². The first-order chi connectivity index (χ1) is 10.7. The lowest BCUT2D eigenvalue weighted by Gasteiger charge is -2.17. The molecule has 0 aromatic heterocycles. The molecular weight excluding hydrogens is 276 g/mol. The van der Waals surface area contributed by atoms with Crippen LogP contribution in [0.4, 0.5) is 10.5 Å². The minimum Gasteiger partial charge on any atom is -0.396 e. The number of carbonyl (C=O) groups is 1. The van der Waals surface area contributed by atoms with Crippen LogP contribution in [0, 0.1) is 6.92 Å². The smallest absolute Gasteiger partial charge is 0.319 e. The zero-order valence-electron chi connectivity index (χ0n) is 12.8. The Kier molecular flexibility index (Phi) is 5.98. The Morgan fingerprint density at radius 3 is 2.45 bits per heavy atom. The second kappa shape index (κ2) is 8.20. The van der Waals surface area contributed by atoms with Gasteiger partial charge in [0.05, 0.1) is 0 Å². The lowest BCUT2D eigenvalue weighted by molar-refractivity contribution is 0.248. The van der Waals surface area contributed by atoms with Crippen molar-refractivity contribution in [3.05, 3.63) is 65.7 Å². The summed E-state index contributed by atoms with van der Waals surface area (Å²) in [6, 6.07) is 17.3. The van der Waals surface area contributed by atoms with E-state index in [0.29, 0.717) is 13.0 Å². The number of para-hydroxylation sites is 1. The number of rotatable bonds is 6. The number of urea groups is 1. The molecule has 4 nitrogen and oxygen atoms in total. The average Bonchev–Trinajstić information content (AvgIpc) is 2.54. The molecule has 2 aromatic carbocycles. The summed E-state index contributed by atoms with van der Waals surface area (Å²) in [4.78, 5) is 12.0. The van der Waals surface area contributed by atoms with Gasteiger partial charge in [-0.05, 0) is 30.5 Å². The largest absolute Gasteiger partial charge is 0.396 e. The minimum absolute atomic E-state index is 0.0979. The summed E-state index contributed by atoms with van der Waals surface area (Å²) in [5.74, 6) is 0.105. The Bertz CT molecular complexity index is 599. The van der Waals surface area contributed by atoms with Gasteiger partial charge in [0, 0.05) is 24.8 Å². The molecule has 2 amide bonds. The summed E-state index contributed by atoms with van der Waals surface area (Å²) in [6.45, 7) is 2.54. The molecule has 0 heterocycles. The molecule has 4 heteroatoms. The third kappa shape index (κ3) is 4.60. The first-order valence-electron chi connectivity index (χ1n) is 7.47. The molecule has 3 N–H and O–H groups in total. The number of anilines is 1. The second-order valence-corrected chi connectivity index (χ2v) is 5.27. The summed E-state index contributed by atoms with van der Waals surface area (Å²) >= 11 is 0. The molecule has 22 heavy (non-hydrogen) atoms. The van der Waals surface area contributed by atoms with Crippen LogP contribution in [0.5, 0.6) is 0 Å². The third-order valence-electron chi connectivity index (χ3n) is 3.65. The van der Waals surface area contributed by atoms with Gasteiger partial charge in [0.25, 0.3) is 0 Å². The van der Waals surface area contributed by atoms with Crippen LogP contribution in [0.3, 0.4) is 0 Å². The number of aliphatic hydroxyl groups excluding tert-OH is 1. The molecule has 1 unspecified atom stereocenters. The van der Waals surface area contributed by atoms with Crippen LogP contribution in [-0.4, -0.2) is 24.3 Å². The van der Waals surface area contributed by atoms with E-state index in [0.717, 1.165) is 16.8 Å². The Morgan fingerprint density at radius 2 is 1.77 bits per heavy atom. The SMILES string of the molecule is Cc1ccccc1NC(=O)NCC(CCO)c1ccccc1. The highest BCUT2D eigenvalue weighted by atomic mass is 16.3. The number of hydrogen-bond donors (Lipinski definition) is 3. The fraction of sp³-hybridized carbons (Fsp3) is 0.278. The fourth-order valence-corrected chi connectivity index (χ4v) is 2.36. The Morgan fingerprint density at radius 1 is 1.09 bits per heavy atom. The van der Waals surface area contributed by atoms with Gasteiger partial charge in [-0.15, -0.1) is 0 Å². The maximum Gasteiger partial charge on any atom is 0.319 e. The van der Waals surface area contributed by atoms with Gasteiger partial charge in [0.2, 0.25) is 0 Å². The molecule has 0 aliphatic heterocycles. The number of aryl methyl sites for hydroxylation is 1. The number of nitrogens with one attached hydrogen (secondary N) is 2. The number of benzene rings is 2. The quantitative estimate of drug-likeness (QED) is 0.766. The highest BCUT2D eigenvalue weighted by Crippen LogP contribution is 2.18. The number of aliphatic hydroxyl groups is 1. The number of carbonyl (C=O) groups excluding carboxylic acids is 1. The van der Waals surface area contributed by atoms with E-state index in [2.05, 4.69) is 10.6 Å². The second-order valence-electron chi connectivity index (χ2n) is 5.27. The normalized spacial score (nSPS) is 11.7. The van der Waals surface area contributed by atoms with E-state index < -0.39 is 0 Å². The third-order valence-corrected chi connectivity index (χ3v) is 3.65. The fourth-order valence-electron chi connectivity index (χ4n) is 2.36. The maximum absolute atomic E-state index is 12.0.